The summed E-state index contributed by atoms with van der Waals surface area (Å²) in [6.45, 7) is 0.112. The van der Waals surface area contributed by atoms with Gasteiger partial charge in [0, 0.05) is 6.07 Å². The largest absolute Gasteiger partial charge is 0.505 e. The van der Waals surface area contributed by atoms with Crippen molar-refractivity contribution in [3.63, 3.8) is 0 Å². The summed E-state index contributed by atoms with van der Waals surface area (Å²) in [4.78, 5) is 4.61. The minimum atomic E-state index is -0.733. The molecule has 0 atom stereocenters. The third kappa shape index (κ3) is 1.69. The maximum absolute atomic E-state index is 13.5. The second kappa shape index (κ2) is 3.92. The van der Waals surface area contributed by atoms with E-state index in [1.54, 1.807) is 0 Å². The second-order valence-corrected chi connectivity index (χ2v) is 2.95. The van der Waals surface area contributed by atoms with E-state index in [1.807, 2.05) is 0 Å². The summed E-state index contributed by atoms with van der Waals surface area (Å²) in [5, 5.41) is 9.28. The summed E-state index contributed by atoms with van der Waals surface area (Å²) in [6, 6.07) is 1.19. The number of benzene rings is 1. The first-order valence-electron chi connectivity index (χ1n) is 4.30. The molecule has 0 fully saturated rings. The van der Waals surface area contributed by atoms with Gasteiger partial charge >= 0.3 is 0 Å². The monoisotopic (exact) mass is 215 g/mol. The molecule has 2 N–H and O–H groups in total. The maximum atomic E-state index is 13.5. The number of phenols is 1. The fraction of sp³-hybridized carbons (Fsp3) is 0.333. The van der Waals surface area contributed by atoms with Gasteiger partial charge in [0.05, 0.1) is 19.2 Å². The van der Waals surface area contributed by atoms with Crippen molar-refractivity contribution in [2.75, 3.05) is 13.9 Å². The molecule has 1 aromatic carbocycles. The van der Waals surface area contributed by atoms with Gasteiger partial charge in [-0.25, -0.2) is 4.39 Å². The number of fused-ring (bicyclic) bond motifs is 1. The number of phenolic OH excluding ortho intramolecular Hbond substituents is 1. The summed E-state index contributed by atoms with van der Waals surface area (Å²) >= 11 is 0. The van der Waals surface area contributed by atoms with E-state index in [1.165, 1.54) is 13.2 Å². The molecule has 15 heavy (non-hydrogen) atoms. The molecule has 5 nitrogen and oxygen atoms in total. The van der Waals surface area contributed by atoms with Crippen LogP contribution in [0.1, 0.15) is 5.56 Å². The van der Waals surface area contributed by atoms with Crippen LogP contribution in [0.25, 0.3) is 0 Å². The highest BCUT2D eigenvalue weighted by Crippen LogP contribution is 2.41. The van der Waals surface area contributed by atoms with Crippen molar-refractivity contribution in [3.8, 4) is 17.2 Å². The van der Waals surface area contributed by atoms with Crippen LogP contribution in [0.2, 0.25) is 0 Å². The predicted octanol–water partition coefficient (Wildman–Crippen LogP) is 0.911. The van der Waals surface area contributed by atoms with E-state index in [0.29, 0.717) is 11.5 Å². The Labute approximate surface area is 85.3 Å². The van der Waals surface area contributed by atoms with Crippen LogP contribution in [0.15, 0.2) is 6.07 Å². The van der Waals surface area contributed by atoms with Gasteiger partial charge in [-0.1, -0.05) is 0 Å². The minimum Gasteiger partial charge on any atom is -0.505 e. The number of halogens is 1. The Morgan fingerprint density at radius 3 is 3.13 bits per heavy atom. The standard InChI is InChI=1S/C9H10FNO4/c1-13-11-3-5-8(10)6(12)2-7-9(5)15-4-14-7/h2,11-12H,3-4H2,1H3. The summed E-state index contributed by atoms with van der Waals surface area (Å²) in [7, 11) is 1.41. The number of hydroxylamine groups is 1. The van der Waals surface area contributed by atoms with Crippen molar-refractivity contribution in [2.24, 2.45) is 0 Å². The van der Waals surface area contributed by atoms with Gasteiger partial charge in [0.25, 0.3) is 0 Å². The molecule has 82 valence electrons. The van der Waals surface area contributed by atoms with Crippen molar-refractivity contribution in [3.05, 3.63) is 17.4 Å². The fourth-order valence-electron chi connectivity index (χ4n) is 1.38. The van der Waals surface area contributed by atoms with Crippen molar-refractivity contribution in [2.45, 2.75) is 6.54 Å². The van der Waals surface area contributed by atoms with Crippen molar-refractivity contribution in [1.29, 1.82) is 0 Å². The zero-order valence-electron chi connectivity index (χ0n) is 8.04. The summed E-state index contributed by atoms with van der Waals surface area (Å²) in [5.74, 6) is -0.562. The lowest BCUT2D eigenvalue weighted by Gasteiger charge is -2.08. The van der Waals surface area contributed by atoms with Crippen LogP contribution in [0.5, 0.6) is 17.2 Å². The molecule has 0 spiro atoms. The Hall–Kier alpha value is -1.53. The van der Waals surface area contributed by atoms with Gasteiger partial charge in [0.1, 0.15) is 0 Å². The third-order valence-corrected chi connectivity index (χ3v) is 2.07. The number of hydrogen-bond donors (Lipinski definition) is 2. The molecule has 0 saturated carbocycles. The van der Waals surface area contributed by atoms with Crippen LogP contribution in [0.4, 0.5) is 4.39 Å². The van der Waals surface area contributed by atoms with Crippen molar-refractivity contribution < 1.29 is 23.8 Å². The zero-order valence-corrected chi connectivity index (χ0v) is 8.04. The highest BCUT2D eigenvalue weighted by molar-refractivity contribution is 5.53. The van der Waals surface area contributed by atoms with Gasteiger partial charge in [0.15, 0.2) is 23.1 Å². The molecular formula is C9H10FNO4. The number of nitrogens with one attached hydrogen (secondary N) is 1. The van der Waals surface area contributed by atoms with Crippen LogP contribution < -0.4 is 15.0 Å². The third-order valence-electron chi connectivity index (χ3n) is 2.07. The lowest BCUT2D eigenvalue weighted by atomic mass is 10.1. The summed E-state index contributed by atoms with van der Waals surface area (Å²) in [6.07, 6.45) is 0. The van der Waals surface area contributed by atoms with Crippen LogP contribution >= 0.6 is 0 Å². The highest BCUT2D eigenvalue weighted by Gasteiger charge is 2.24. The molecule has 0 amide bonds. The zero-order chi connectivity index (χ0) is 10.8. The van der Waals surface area contributed by atoms with Gasteiger partial charge in [-0.05, 0) is 0 Å². The average molecular weight is 215 g/mol. The van der Waals surface area contributed by atoms with Gasteiger partial charge < -0.3 is 19.4 Å². The molecule has 1 aliphatic heterocycles. The Kier molecular flexibility index (Phi) is 2.61. The molecule has 0 aliphatic carbocycles. The number of ether oxygens (including phenoxy) is 2. The van der Waals surface area contributed by atoms with E-state index in [0.717, 1.165) is 0 Å². The average Bonchev–Trinajstić information content (AvgIpc) is 2.66. The molecule has 2 rings (SSSR count). The molecule has 1 heterocycles. The first kappa shape index (κ1) is 10.0. The van der Waals surface area contributed by atoms with E-state index >= 15 is 0 Å². The van der Waals surface area contributed by atoms with E-state index in [9.17, 15) is 9.50 Å². The molecule has 0 aromatic heterocycles. The first-order valence-corrected chi connectivity index (χ1v) is 4.30. The molecule has 0 saturated heterocycles. The first-order chi connectivity index (χ1) is 7.24. The van der Waals surface area contributed by atoms with Crippen LogP contribution in [0, 0.1) is 5.82 Å². The van der Waals surface area contributed by atoms with Gasteiger partial charge in [-0.3, -0.25) is 0 Å². The fourth-order valence-corrected chi connectivity index (χ4v) is 1.38. The van der Waals surface area contributed by atoms with Crippen LogP contribution in [0.3, 0.4) is 0 Å². The highest BCUT2D eigenvalue weighted by atomic mass is 19.1. The van der Waals surface area contributed by atoms with Crippen LogP contribution in [-0.4, -0.2) is 19.0 Å². The maximum Gasteiger partial charge on any atom is 0.231 e. The molecule has 0 bridgehead atoms. The quantitative estimate of drug-likeness (QED) is 0.734. The molecule has 1 aliphatic rings. The van der Waals surface area contributed by atoms with Gasteiger partial charge in [0.2, 0.25) is 6.79 Å². The van der Waals surface area contributed by atoms with E-state index in [-0.39, 0.29) is 18.9 Å². The Morgan fingerprint density at radius 1 is 1.60 bits per heavy atom. The molecule has 0 radical (unpaired) electrons. The summed E-state index contributed by atoms with van der Waals surface area (Å²) in [5.41, 5.74) is 2.66. The molecular weight excluding hydrogens is 205 g/mol. The van der Waals surface area contributed by atoms with E-state index in [4.69, 9.17) is 9.47 Å². The van der Waals surface area contributed by atoms with Gasteiger partial charge in [-0.15, -0.1) is 0 Å². The summed E-state index contributed by atoms with van der Waals surface area (Å²) < 4.78 is 23.6. The number of hydrogen-bond acceptors (Lipinski definition) is 5. The van der Waals surface area contributed by atoms with E-state index in [2.05, 4.69) is 10.3 Å². The number of aromatic hydroxyl groups is 1. The topological polar surface area (TPSA) is 60.0 Å². The molecule has 0 unspecified atom stereocenters. The van der Waals surface area contributed by atoms with E-state index < -0.39 is 11.6 Å². The molecule has 1 aromatic rings. The normalized spacial score (nSPS) is 13.2. The van der Waals surface area contributed by atoms with Gasteiger partial charge in [-0.2, -0.15) is 5.48 Å². The Morgan fingerprint density at radius 2 is 2.40 bits per heavy atom. The lowest BCUT2D eigenvalue weighted by molar-refractivity contribution is 0.0848. The smallest absolute Gasteiger partial charge is 0.231 e. The minimum absolute atomic E-state index is 0.0260. The second-order valence-electron chi connectivity index (χ2n) is 2.95. The SMILES string of the molecule is CONCc1c(F)c(O)cc2c1OCO2. The Bertz CT molecular complexity index is 383. The molecule has 6 heteroatoms. The predicted molar refractivity (Wildman–Crippen MR) is 48.0 cm³/mol. The Balaban J connectivity index is 2.41. The number of rotatable bonds is 3. The van der Waals surface area contributed by atoms with Crippen molar-refractivity contribution in [1.82, 2.24) is 5.48 Å². The van der Waals surface area contributed by atoms with Crippen LogP contribution in [-0.2, 0) is 11.4 Å². The van der Waals surface area contributed by atoms with Crippen molar-refractivity contribution >= 4 is 0 Å². The lowest BCUT2D eigenvalue weighted by Crippen LogP contribution is -2.12.